The molecule has 3 N–H and O–H groups in total. The van der Waals surface area contributed by atoms with Gasteiger partial charge in [0.05, 0.1) is 38.6 Å². The van der Waals surface area contributed by atoms with Gasteiger partial charge in [-0.05, 0) is 31.9 Å². The van der Waals surface area contributed by atoms with E-state index >= 15 is 0 Å². The van der Waals surface area contributed by atoms with Gasteiger partial charge < -0.3 is 29.6 Å². The van der Waals surface area contributed by atoms with Crippen LogP contribution in [0.15, 0.2) is 23.1 Å². The Hall–Kier alpha value is -2.75. The molecule has 1 aromatic carbocycles. The lowest BCUT2D eigenvalue weighted by molar-refractivity contribution is -0.118. The number of carboxylic acids is 1. The number of carbonyl (C=O) groups is 2. The molecule has 0 amide bonds. The second-order valence-corrected chi connectivity index (χ2v) is 7.60. The van der Waals surface area contributed by atoms with Crippen molar-refractivity contribution in [3.05, 3.63) is 39.7 Å². The van der Waals surface area contributed by atoms with Crippen molar-refractivity contribution < 1.29 is 29.3 Å². The van der Waals surface area contributed by atoms with Crippen LogP contribution in [0, 0.1) is 0 Å². The van der Waals surface area contributed by atoms with E-state index in [1.165, 1.54) is 13.1 Å². The number of ketones is 1. The summed E-state index contributed by atoms with van der Waals surface area (Å²) < 4.78 is 12.6. The van der Waals surface area contributed by atoms with Crippen molar-refractivity contribution in [3.8, 4) is 0 Å². The monoisotopic (exact) mass is 432 g/mol. The number of aliphatic hydroxyl groups is 1. The van der Waals surface area contributed by atoms with E-state index in [-0.39, 0.29) is 24.0 Å². The summed E-state index contributed by atoms with van der Waals surface area (Å²) in [4.78, 5) is 35.1. The minimum Gasteiger partial charge on any atom is -0.477 e. The number of anilines is 1. The van der Waals surface area contributed by atoms with Gasteiger partial charge >= 0.3 is 5.97 Å². The number of aromatic carboxylic acids is 1. The number of carboxylic acid groups (broad SMARTS) is 1. The summed E-state index contributed by atoms with van der Waals surface area (Å²) in [6, 6.07) is 3.53. The van der Waals surface area contributed by atoms with Gasteiger partial charge in [-0.2, -0.15) is 0 Å². The maximum atomic E-state index is 12.7. The first kappa shape index (κ1) is 22.9. The summed E-state index contributed by atoms with van der Waals surface area (Å²) >= 11 is 0. The van der Waals surface area contributed by atoms with Crippen molar-refractivity contribution in [2.45, 2.75) is 38.8 Å². The molecule has 0 spiro atoms. The summed E-state index contributed by atoms with van der Waals surface area (Å²) in [5.74, 6) is -1.17. The highest BCUT2D eigenvalue weighted by Crippen LogP contribution is 2.37. The third kappa shape index (κ3) is 5.90. The van der Waals surface area contributed by atoms with Crippen molar-refractivity contribution in [3.63, 3.8) is 0 Å². The van der Waals surface area contributed by atoms with E-state index in [0.717, 1.165) is 12.8 Å². The van der Waals surface area contributed by atoms with Crippen molar-refractivity contribution in [2.75, 3.05) is 38.3 Å². The lowest BCUT2D eigenvalue weighted by Crippen LogP contribution is -2.19. The molecule has 1 heterocycles. The second-order valence-electron chi connectivity index (χ2n) is 7.60. The van der Waals surface area contributed by atoms with Crippen LogP contribution in [-0.4, -0.2) is 59.5 Å². The van der Waals surface area contributed by atoms with E-state index in [0.29, 0.717) is 61.5 Å². The fraction of sp³-hybridized carbons (Fsp3) is 0.500. The van der Waals surface area contributed by atoms with Gasteiger partial charge in [-0.25, -0.2) is 4.79 Å². The molecule has 2 aromatic rings. The van der Waals surface area contributed by atoms with Gasteiger partial charge in [-0.1, -0.05) is 0 Å². The molecule has 9 nitrogen and oxygen atoms in total. The molecule has 1 saturated carbocycles. The number of fused-ring (bicyclic) bond motifs is 1. The van der Waals surface area contributed by atoms with E-state index in [9.17, 15) is 24.6 Å². The summed E-state index contributed by atoms with van der Waals surface area (Å²) in [6.45, 7) is 3.26. The normalized spacial score (nSPS) is 13.5. The number of Topliss-reactive ketones (excluding diaryl/α,β-unsaturated/α-hetero) is 1. The number of aliphatic hydroxyl groups excluding tert-OH is 1. The van der Waals surface area contributed by atoms with Crippen LogP contribution in [0.2, 0.25) is 0 Å². The fourth-order valence-corrected chi connectivity index (χ4v) is 3.34. The molecule has 168 valence electrons. The highest BCUT2D eigenvalue weighted by atomic mass is 16.5. The first-order valence-corrected chi connectivity index (χ1v) is 10.4. The zero-order valence-electron chi connectivity index (χ0n) is 17.6. The Balaban J connectivity index is 1.67. The first-order chi connectivity index (χ1) is 14.9. The van der Waals surface area contributed by atoms with Crippen molar-refractivity contribution in [1.82, 2.24) is 4.57 Å². The van der Waals surface area contributed by atoms with Crippen LogP contribution in [0.3, 0.4) is 0 Å². The van der Waals surface area contributed by atoms with Gasteiger partial charge in [0.1, 0.15) is 11.3 Å². The molecule has 31 heavy (non-hydrogen) atoms. The van der Waals surface area contributed by atoms with Crippen LogP contribution >= 0.6 is 0 Å². The quantitative estimate of drug-likeness (QED) is 0.410. The molecule has 1 fully saturated rings. The van der Waals surface area contributed by atoms with E-state index < -0.39 is 11.4 Å². The standard InChI is InChI=1S/C22H28N2O7/c1-14(26)4-6-30-8-9-31-7-5-23-19-11-17-20(10-15(19)13-25)24(16-2-3-16)12-18(21(17)27)22(28)29/h10-12,16,23,25H,2-9,13H2,1H3,(H,28,29). The van der Waals surface area contributed by atoms with E-state index in [1.807, 2.05) is 4.57 Å². The Morgan fingerprint density at radius 2 is 1.87 bits per heavy atom. The summed E-state index contributed by atoms with van der Waals surface area (Å²) in [6.07, 6.45) is 3.66. The molecule has 0 unspecified atom stereocenters. The van der Waals surface area contributed by atoms with Gasteiger partial charge in [0.2, 0.25) is 5.43 Å². The number of benzene rings is 1. The highest BCUT2D eigenvalue weighted by Gasteiger charge is 2.27. The predicted octanol–water partition coefficient (Wildman–Crippen LogP) is 1.95. The van der Waals surface area contributed by atoms with Crippen LogP contribution in [0.1, 0.15) is 48.1 Å². The second kappa shape index (κ2) is 10.5. The number of hydrogen-bond donors (Lipinski definition) is 3. The molecule has 0 radical (unpaired) electrons. The summed E-state index contributed by atoms with van der Waals surface area (Å²) in [7, 11) is 0. The maximum absolute atomic E-state index is 12.7. The van der Waals surface area contributed by atoms with Gasteiger partial charge in [0, 0.05) is 41.8 Å². The number of aromatic nitrogens is 1. The third-order valence-electron chi connectivity index (χ3n) is 5.13. The maximum Gasteiger partial charge on any atom is 0.341 e. The van der Waals surface area contributed by atoms with Crippen molar-refractivity contribution >= 4 is 28.3 Å². The molecule has 1 aromatic heterocycles. The Labute approximate surface area is 179 Å². The minimum absolute atomic E-state index is 0.0829. The summed E-state index contributed by atoms with van der Waals surface area (Å²) in [5.41, 5.74) is 1.03. The van der Waals surface area contributed by atoms with Crippen molar-refractivity contribution in [2.24, 2.45) is 0 Å². The van der Waals surface area contributed by atoms with Crippen LogP contribution in [-0.2, 0) is 20.9 Å². The molecule has 0 bridgehead atoms. The van der Waals surface area contributed by atoms with Gasteiger partial charge in [-0.15, -0.1) is 0 Å². The number of nitrogens with one attached hydrogen (secondary N) is 1. The van der Waals surface area contributed by atoms with Gasteiger partial charge in [0.25, 0.3) is 0 Å². The Bertz CT molecular complexity index is 1010. The number of carbonyl (C=O) groups excluding carboxylic acids is 1. The Kier molecular flexibility index (Phi) is 7.78. The van der Waals surface area contributed by atoms with Gasteiger partial charge in [-0.3, -0.25) is 9.59 Å². The number of ether oxygens (including phenoxy) is 2. The number of nitrogens with zero attached hydrogens (tertiary/aromatic N) is 1. The number of hydrogen-bond acceptors (Lipinski definition) is 7. The van der Waals surface area contributed by atoms with Gasteiger partial charge in [0.15, 0.2) is 0 Å². The molecular formula is C22H28N2O7. The molecule has 0 atom stereocenters. The fourth-order valence-electron chi connectivity index (χ4n) is 3.34. The summed E-state index contributed by atoms with van der Waals surface area (Å²) in [5, 5.41) is 22.7. The zero-order chi connectivity index (χ0) is 22.4. The van der Waals surface area contributed by atoms with Crippen LogP contribution in [0.4, 0.5) is 5.69 Å². The average Bonchev–Trinajstić information content (AvgIpc) is 3.57. The average molecular weight is 432 g/mol. The van der Waals surface area contributed by atoms with E-state index in [4.69, 9.17) is 9.47 Å². The molecule has 9 heteroatoms. The molecular weight excluding hydrogens is 404 g/mol. The topological polar surface area (TPSA) is 127 Å². The van der Waals surface area contributed by atoms with Crippen LogP contribution in [0.5, 0.6) is 0 Å². The SMILES string of the molecule is CC(=O)CCOCCOCCNc1cc2c(=O)c(C(=O)O)cn(C3CC3)c2cc1CO. The zero-order valence-corrected chi connectivity index (χ0v) is 17.6. The van der Waals surface area contributed by atoms with Crippen LogP contribution < -0.4 is 10.7 Å². The molecule has 0 saturated heterocycles. The smallest absolute Gasteiger partial charge is 0.341 e. The third-order valence-corrected chi connectivity index (χ3v) is 5.13. The number of rotatable bonds is 13. The van der Waals surface area contributed by atoms with Crippen LogP contribution in [0.25, 0.3) is 10.9 Å². The lowest BCUT2D eigenvalue weighted by atomic mass is 10.1. The van der Waals surface area contributed by atoms with E-state index in [2.05, 4.69) is 5.32 Å². The minimum atomic E-state index is -1.25. The largest absolute Gasteiger partial charge is 0.477 e. The Morgan fingerprint density at radius 3 is 2.48 bits per heavy atom. The van der Waals surface area contributed by atoms with Crippen molar-refractivity contribution in [1.29, 1.82) is 0 Å². The lowest BCUT2D eigenvalue weighted by Gasteiger charge is -2.16. The number of pyridine rings is 1. The first-order valence-electron chi connectivity index (χ1n) is 10.4. The molecule has 1 aliphatic rings. The molecule has 1 aliphatic carbocycles. The predicted molar refractivity (Wildman–Crippen MR) is 115 cm³/mol. The highest BCUT2D eigenvalue weighted by molar-refractivity contribution is 5.94. The molecule has 0 aliphatic heterocycles. The Morgan fingerprint density at radius 1 is 1.16 bits per heavy atom. The molecule has 3 rings (SSSR count). The van der Waals surface area contributed by atoms with E-state index in [1.54, 1.807) is 12.1 Å².